The minimum atomic E-state index is -0.763. The first kappa shape index (κ1) is 13.0. The second kappa shape index (κ2) is 7.38. The summed E-state index contributed by atoms with van der Waals surface area (Å²) in [5.41, 5.74) is 0. The molecule has 0 N–H and O–H groups in total. The van der Waals surface area contributed by atoms with E-state index in [0.717, 1.165) is 7.11 Å². The van der Waals surface area contributed by atoms with E-state index in [0.29, 0.717) is 0 Å². The van der Waals surface area contributed by atoms with Crippen LogP contribution in [0.2, 0.25) is 0 Å². The minimum Gasteiger partial charge on any atom is -0.469 e. The second-order valence-corrected chi connectivity index (χ2v) is 2.21. The van der Waals surface area contributed by atoms with Crippen molar-refractivity contribution < 1.29 is 28.6 Å². The van der Waals surface area contributed by atoms with Gasteiger partial charge in [-0.25, -0.2) is 4.79 Å². The summed E-state index contributed by atoms with van der Waals surface area (Å²) < 4.78 is 12.9. The number of ether oxygens (including phenoxy) is 3. The summed E-state index contributed by atoms with van der Waals surface area (Å²) >= 11 is 0. The van der Waals surface area contributed by atoms with Crippen molar-refractivity contribution in [1.82, 2.24) is 0 Å². The molecule has 0 aliphatic heterocycles. The van der Waals surface area contributed by atoms with Crippen LogP contribution in [-0.4, -0.2) is 38.7 Å². The van der Waals surface area contributed by atoms with Crippen molar-refractivity contribution in [3.63, 3.8) is 0 Å². The molecule has 15 heavy (non-hydrogen) atoms. The van der Waals surface area contributed by atoms with Crippen molar-refractivity contribution in [1.29, 1.82) is 0 Å². The molecule has 0 aliphatic rings. The number of esters is 3. The maximum Gasteiger partial charge on any atom is 0.384 e. The third-order valence-electron chi connectivity index (χ3n) is 1.20. The van der Waals surface area contributed by atoms with Gasteiger partial charge in [0.2, 0.25) is 0 Å². The zero-order valence-corrected chi connectivity index (χ0v) is 8.36. The summed E-state index contributed by atoms with van der Waals surface area (Å²) in [5.74, 6) is 2.11. The van der Waals surface area contributed by atoms with E-state index in [4.69, 9.17) is 0 Å². The summed E-state index contributed by atoms with van der Waals surface area (Å²) in [5, 5.41) is 0. The predicted molar refractivity (Wildman–Crippen MR) is 47.4 cm³/mol. The number of carbonyl (C=O) groups is 3. The first-order valence-electron chi connectivity index (χ1n) is 3.89. The van der Waals surface area contributed by atoms with Crippen LogP contribution in [-0.2, 0) is 28.6 Å². The Labute approximate surface area is 86.5 Å². The third kappa shape index (κ3) is 7.07. The molecule has 0 aliphatic carbocycles. The fraction of sp³-hybridized carbons (Fsp3) is 0.444. The molecule has 0 heterocycles. The molecule has 0 saturated carbocycles. The molecule has 0 aromatic heterocycles. The zero-order chi connectivity index (χ0) is 11.7. The molecule has 0 spiro atoms. The van der Waals surface area contributed by atoms with Crippen LogP contribution in [0.3, 0.4) is 0 Å². The molecular weight excluding hydrogens is 204 g/mol. The first-order valence-corrected chi connectivity index (χ1v) is 3.89. The van der Waals surface area contributed by atoms with Gasteiger partial charge in [-0.3, -0.25) is 9.59 Å². The van der Waals surface area contributed by atoms with Crippen molar-refractivity contribution in [3.8, 4) is 11.8 Å². The Morgan fingerprint density at radius 1 is 1.07 bits per heavy atom. The molecular formula is C9H10O6. The maximum atomic E-state index is 10.8. The van der Waals surface area contributed by atoms with E-state index in [2.05, 4.69) is 26.1 Å². The standard InChI is InChI=1S/C9H10O6/c1-13-7(10)4-3-5-15-9(12)6-8(11)14-2/h5-6H2,1-2H3. The van der Waals surface area contributed by atoms with Gasteiger partial charge in [-0.15, -0.1) is 0 Å². The van der Waals surface area contributed by atoms with Gasteiger partial charge in [0.25, 0.3) is 0 Å². The Kier molecular flexibility index (Phi) is 6.38. The average molecular weight is 214 g/mol. The highest BCUT2D eigenvalue weighted by Gasteiger charge is 2.09. The fourth-order valence-corrected chi connectivity index (χ4v) is 0.517. The molecule has 0 amide bonds. The fourth-order valence-electron chi connectivity index (χ4n) is 0.517. The van der Waals surface area contributed by atoms with E-state index in [1.165, 1.54) is 7.11 Å². The van der Waals surface area contributed by atoms with E-state index < -0.39 is 24.3 Å². The third-order valence-corrected chi connectivity index (χ3v) is 1.20. The molecule has 0 saturated heterocycles. The quantitative estimate of drug-likeness (QED) is 0.202. The number of rotatable bonds is 3. The Morgan fingerprint density at radius 3 is 2.27 bits per heavy atom. The Morgan fingerprint density at radius 2 is 1.73 bits per heavy atom. The van der Waals surface area contributed by atoms with Gasteiger partial charge >= 0.3 is 17.9 Å². The molecule has 0 radical (unpaired) electrons. The van der Waals surface area contributed by atoms with Crippen LogP contribution in [0, 0.1) is 11.8 Å². The molecule has 0 atom stereocenters. The molecule has 0 unspecified atom stereocenters. The Bertz CT molecular complexity index is 308. The molecule has 0 aromatic carbocycles. The van der Waals surface area contributed by atoms with E-state index in [-0.39, 0.29) is 6.61 Å². The Hall–Kier alpha value is -2.03. The van der Waals surface area contributed by atoms with E-state index >= 15 is 0 Å². The monoisotopic (exact) mass is 214 g/mol. The van der Waals surface area contributed by atoms with Crippen LogP contribution in [0.25, 0.3) is 0 Å². The van der Waals surface area contributed by atoms with Gasteiger partial charge in [0.05, 0.1) is 14.2 Å². The lowest BCUT2D eigenvalue weighted by atomic mass is 10.4. The molecule has 0 bridgehead atoms. The number of methoxy groups -OCH3 is 2. The van der Waals surface area contributed by atoms with Crippen molar-refractivity contribution in [2.45, 2.75) is 6.42 Å². The van der Waals surface area contributed by atoms with Crippen LogP contribution in [0.5, 0.6) is 0 Å². The zero-order valence-electron chi connectivity index (χ0n) is 8.36. The summed E-state index contributed by atoms with van der Waals surface area (Å²) in [6.45, 7) is -0.273. The normalized spacial score (nSPS) is 8.13. The van der Waals surface area contributed by atoms with Gasteiger partial charge in [0.15, 0.2) is 6.61 Å². The lowest BCUT2D eigenvalue weighted by Crippen LogP contribution is -2.12. The Balaban J connectivity index is 3.76. The lowest BCUT2D eigenvalue weighted by Gasteiger charge is -1.98. The SMILES string of the molecule is COC(=O)C#CCOC(=O)CC(=O)OC. The van der Waals surface area contributed by atoms with Gasteiger partial charge in [-0.2, -0.15) is 0 Å². The summed E-state index contributed by atoms with van der Waals surface area (Å²) in [6.07, 6.45) is -0.476. The summed E-state index contributed by atoms with van der Waals surface area (Å²) in [4.78, 5) is 31.9. The van der Waals surface area contributed by atoms with Gasteiger partial charge in [0, 0.05) is 5.92 Å². The molecule has 82 valence electrons. The average Bonchev–Trinajstić information content (AvgIpc) is 2.23. The topological polar surface area (TPSA) is 78.9 Å². The number of hydrogen-bond donors (Lipinski definition) is 0. The van der Waals surface area contributed by atoms with Crippen LogP contribution >= 0.6 is 0 Å². The van der Waals surface area contributed by atoms with Crippen molar-refractivity contribution in [3.05, 3.63) is 0 Å². The van der Waals surface area contributed by atoms with Gasteiger partial charge in [-0.05, 0) is 5.92 Å². The highest BCUT2D eigenvalue weighted by atomic mass is 16.5. The minimum absolute atomic E-state index is 0.273. The highest BCUT2D eigenvalue weighted by molar-refractivity contribution is 5.91. The highest BCUT2D eigenvalue weighted by Crippen LogP contribution is 1.88. The van der Waals surface area contributed by atoms with E-state index in [1.807, 2.05) is 0 Å². The van der Waals surface area contributed by atoms with Crippen LogP contribution in [0.1, 0.15) is 6.42 Å². The number of hydrogen-bond acceptors (Lipinski definition) is 6. The van der Waals surface area contributed by atoms with Crippen LogP contribution < -0.4 is 0 Å². The van der Waals surface area contributed by atoms with Crippen molar-refractivity contribution >= 4 is 17.9 Å². The maximum absolute atomic E-state index is 10.8. The summed E-state index contributed by atoms with van der Waals surface area (Å²) in [6, 6.07) is 0. The first-order chi connectivity index (χ1) is 7.10. The van der Waals surface area contributed by atoms with Gasteiger partial charge < -0.3 is 14.2 Å². The molecule has 0 fully saturated rings. The van der Waals surface area contributed by atoms with Crippen molar-refractivity contribution in [2.75, 3.05) is 20.8 Å². The van der Waals surface area contributed by atoms with Crippen molar-refractivity contribution in [2.24, 2.45) is 0 Å². The predicted octanol–water partition coefficient (Wildman–Crippen LogP) is -0.731. The van der Waals surface area contributed by atoms with Gasteiger partial charge in [0.1, 0.15) is 6.42 Å². The van der Waals surface area contributed by atoms with E-state index in [1.54, 1.807) is 0 Å². The molecule has 6 nitrogen and oxygen atoms in total. The molecule has 6 heteroatoms. The lowest BCUT2D eigenvalue weighted by molar-refractivity contribution is -0.152. The largest absolute Gasteiger partial charge is 0.469 e. The van der Waals surface area contributed by atoms with Gasteiger partial charge in [-0.1, -0.05) is 0 Å². The molecule has 0 aromatic rings. The van der Waals surface area contributed by atoms with Crippen LogP contribution in [0.15, 0.2) is 0 Å². The van der Waals surface area contributed by atoms with E-state index in [9.17, 15) is 14.4 Å². The molecule has 0 rings (SSSR count). The summed E-state index contributed by atoms with van der Waals surface area (Å²) in [7, 11) is 2.34. The number of carbonyl (C=O) groups excluding carboxylic acids is 3. The smallest absolute Gasteiger partial charge is 0.384 e. The van der Waals surface area contributed by atoms with Crippen LogP contribution in [0.4, 0.5) is 0 Å². The second-order valence-electron chi connectivity index (χ2n) is 2.21.